The van der Waals surface area contributed by atoms with Gasteiger partial charge < -0.3 is 15.5 Å². The van der Waals surface area contributed by atoms with E-state index in [0.29, 0.717) is 19.6 Å². The van der Waals surface area contributed by atoms with Crippen LogP contribution in [-0.2, 0) is 11.3 Å². The molecule has 0 aromatic heterocycles. The van der Waals surface area contributed by atoms with Gasteiger partial charge in [0.1, 0.15) is 0 Å². The molecule has 1 fully saturated rings. The van der Waals surface area contributed by atoms with Gasteiger partial charge in [-0.25, -0.2) is 4.79 Å². The maximum absolute atomic E-state index is 12.2. The minimum atomic E-state index is -0.0985. The van der Waals surface area contributed by atoms with Crippen molar-refractivity contribution in [3.05, 3.63) is 35.9 Å². The second-order valence-electron chi connectivity index (χ2n) is 6.09. The van der Waals surface area contributed by atoms with Gasteiger partial charge in [-0.2, -0.15) is 0 Å². The Morgan fingerprint density at radius 3 is 2.68 bits per heavy atom. The zero-order chi connectivity index (χ0) is 15.9. The van der Waals surface area contributed by atoms with Crippen molar-refractivity contribution >= 4 is 11.9 Å². The second-order valence-corrected chi connectivity index (χ2v) is 6.09. The number of likely N-dealkylation sites (tertiary alicyclic amines) is 1. The molecule has 22 heavy (non-hydrogen) atoms. The second kappa shape index (κ2) is 7.82. The van der Waals surface area contributed by atoms with Gasteiger partial charge in [0, 0.05) is 25.7 Å². The maximum atomic E-state index is 12.2. The predicted octanol–water partition coefficient (Wildman–Crippen LogP) is 2.13. The van der Waals surface area contributed by atoms with Gasteiger partial charge >= 0.3 is 6.03 Å². The lowest BCUT2D eigenvalue weighted by Crippen LogP contribution is -2.49. The molecular formula is C17H25N3O2. The lowest BCUT2D eigenvalue weighted by Gasteiger charge is -2.32. The standard InChI is InChI=1S/C17H25N3O2/c1-13(2)19-16(21)15-9-6-10-20(12-15)17(22)18-11-14-7-4-3-5-8-14/h3-5,7-8,13,15H,6,9-12H2,1-2H3,(H,18,22)(H,19,21)/t15-/m1/s1. The molecule has 0 aliphatic carbocycles. The number of hydrogen-bond donors (Lipinski definition) is 2. The minimum Gasteiger partial charge on any atom is -0.354 e. The van der Waals surface area contributed by atoms with Crippen molar-refractivity contribution in [3.63, 3.8) is 0 Å². The van der Waals surface area contributed by atoms with Crippen LogP contribution in [0.4, 0.5) is 4.79 Å². The summed E-state index contributed by atoms with van der Waals surface area (Å²) in [6, 6.07) is 9.86. The molecule has 0 saturated carbocycles. The van der Waals surface area contributed by atoms with Crippen LogP contribution in [-0.4, -0.2) is 36.0 Å². The van der Waals surface area contributed by atoms with E-state index in [4.69, 9.17) is 0 Å². The molecular weight excluding hydrogens is 278 g/mol. The Balaban J connectivity index is 1.83. The monoisotopic (exact) mass is 303 g/mol. The Morgan fingerprint density at radius 2 is 2.00 bits per heavy atom. The van der Waals surface area contributed by atoms with Crippen molar-refractivity contribution in [2.24, 2.45) is 5.92 Å². The van der Waals surface area contributed by atoms with Crippen LogP contribution in [0.2, 0.25) is 0 Å². The maximum Gasteiger partial charge on any atom is 0.317 e. The highest BCUT2D eigenvalue weighted by Gasteiger charge is 2.28. The third-order valence-corrected chi connectivity index (χ3v) is 3.80. The van der Waals surface area contributed by atoms with E-state index in [9.17, 15) is 9.59 Å². The molecule has 2 rings (SSSR count). The smallest absolute Gasteiger partial charge is 0.317 e. The molecule has 1 aromatic rings. The molecule has 1 heterocycles. The van der Waals surface area contributed by atoms with Crippen LogP contribution in [0, 0.1) is 5.92 Å². The van der Waals surface area contributed by atoms with Gasteiger partial charge in [-0.05, 0) is 32.3 Å². The molecule has 1 aliphatic heterocycles. The van der Waals surface area contributed by atoms with E-state index in [1.165, 1.54) is 0 Å². The Morgan fingerprint density at radius 1 is 1.27 bits per heavy atom. The lowest BCUT2D eigenvalue weighted by atomic mass is 9.97. The Labute approximate surface area is 132 Å². The Bertz CT molecular complexity index is 502. The third kappa shape index (κ3) is 4.76. The van der Waals surface area contributed by atoms with Crippen molar-refractivity contribution in [1.29, 1.82) is 0 Å². The average Bonchev–Trinajstić information content (AvgIpc) is 2.53. The largest absolute Gasteiger partial charge is 0.354 e. The topological polar surface area (TPSA) is 61.4 Å². The van der Waals surface area contributed by atoms with E-state index in [-0.39, 0.29) is 23.9 Å². The summed E-state index contributed by atoms with van der Waals surface area (Å²) in [5.41, 5.74) is 1.07. The first-order valence-corrected chi connectivity index (χ1v) is 7.93. The summed E-state index contributed by atoms with van der Waals surface area (Å²) in [6.07, 6.45) is 1.72. The number of carbonyl (C=O) groups is 2. The quantitative estimate of drug-likeness (QED) is 0.895. The molecule has 5 heteroatoms. The lowest BCUT2D eigenvalue weighted by molar-refractivity contribution is -0.126. The molecule has 0 bridgehead atoms. The van der Waals surface area contributed by atoms with Crippen LogP contribution in [0.1, 0.15) is 32.3 Å². The summed E-state index contributed by atoms with van der Waals surface area (Å²) in [6.45, 7) is 5.63. The molecule has 3 amide bonds. The molecule has 0 spiro atoms. The van der Waals surface area contributed by atoms with E-state index in [1.54, 1.807) is 4.90 Å². The number of hydrogen-bond acceptors (Lipinski definition) is 2. The molecule has 0 radical (unpaired) electrons. The number of rotatable bonds is 4. The van der Waals surface area contributed by atoms with Crippen molar-refractivity contribution in [3.8, 4) is 0 Å². The molecule has 0 unspecified atom stereocenters. The first-order chi connectivity index (χ1) is 10.6. The Hall–Kier alpha value is -2.04. The molecule has 2 N–H and O–H groups in total. The summed E-state index contributed by atoms with van der Waals surface area (Å²) >= 11 is 0. The highest BCUT2D eigenvalue weighted by molar-refractivity contribution is 5.81. The van der Waals surface area contributed by atoms with E-state index < -0.39 is 0 Å². The number of urea groups is 1. The molecule has 5 nitrogen and oxygen atoms in total. The highest BCUT2D eigenvalue weighted by Crippen LogP contribution is 2.17. The number of carbonyl (C=O) groups excluding carboxylic acids is 2. The Kier molecular flexibility index (Phi) is 5.81. The van der Waals surface area contributed by atoms with Crippen molar-refractivity contribution < 1.29 is 9.59 Å². The average molecular weight is 303 g/mol. The van der Waals surface area contributed by atoms with Crippen molar-refractivity contribution in [2.75, 3.05) is 13.1 Å². The van der Waals surface area contributed by atoms with E-state index in [1.807, 2.05) is 44.2 Å². The SMILES string of the molecule is CC(C)NC(=O)[C@@H]1CCCN(C(=O)NCc2ccccc2)C1. The van der Waals surface area contributed by atoms with Crippen LogP contribution in [0.25, 0.3) is 0 Å². The zero-order valence-corrected chi connectivity index (χ0v) is 13.3. The number of nitrogens with one attached hydrogen (secondary N) is 2. The molecule has 1 aliphatic rings. The summed E-state index contributed by atoms with van der Waals surface area (Å²) in [5.74, 6) is -0.0471. The molecule has 120 valence electrons. The normalized spacial score (nSPS) is 18.1. The summed E-state index contributed by atoms with van der Waals surface area (Å²) in [5, 5.41) is 5.86. The van der Waals surface area contributed by atoms with Crippen molar-refractivity contribution in [2.45, 2.75) is 39.3 Å². The summed E-state index contributed by atoms with van der Waals surface area (Å²) in [7, 11) is 0. The van der Waals surface area contributed by atoms with Gasteiger partial charge in [-0.15, -0.1) is 0 Å². The van der Waals surface area contributed by atoms with Gasteiger partial charge in [0.15, 0.2) is 0 Å². The minimum absolute atomic E-state index is 0.0514. The van der Waals surface area contributed by atoms with Crippen LogP contribution in [0.15, 0.2) is 30.3 Å². The number of nitrogens with zero attached hydrogens (tertiary/aromatic N) is 1. The summed E-state index contributed by atoms with van der Waals surface area (Å²) < 4.78 is 0. The fourth-order valence-electron chi connectivity index (χ4n) is 2.66. The van der Waals surface area contributed by atoms with Gasteiger partial charge in [-0.3, -0.25) is 4.79 Å². The van der Waals surface area contributed by atoms with E-state index >= 15 is 0 Å². The van der Waals surface area contributed by atoms with E-state index in [0.717, 1.165) is 18.4 Å². The number of piperidine rings is 1. The van der Waals surface area contributed by atoms with Gasteiger partial charge in [-0.1, -0.05) is 30.3 Å². The van der Waals surface area contributed by atoms with Gasteiger partial charge in [0.25, 0.3) is 0 Å². The van der Waals surface area contributed by atoms with Crippen LogP contribution < -0.4 is 10.6 Å². The fourth-order valence-corrected chi connectivity index (χ4v) is 2.66. The summed E-state index contributed by atoms with van der Waals surface area (Å²) in [4.78, 5) is 26.1. The van der Waals surface area contributed by atoms with E-state index in [2.05, 4.69) is 10.6 Å². The number of benzene rings is 1. The van der Waals surface area contributed by atoms with Crippen LogP contribution >= 0.6 is 0 Å². The van der Waals surface area contributed by atoms with Crippen molar-refractivity contribution in [1.82, 2.24) is 15.5 Å². The fraction of sp³-hybridized carbons (Fsp3) is 0.529. The van der Waals surface area contributed by atoms with Gasteiger partial charge in [0.05, 0.1) is 5.92 Å². The first-order valence-electron chi connectivity index (χ1n) is 7.93. The molecule has 1 atom stereocenters. The number of amides is 3. The molecule has 1 saturated heterocycles. The first kappa shape index (κ1) is 16.3. The van der Waals surface area contributed by atoms with Crippen LogP contribution in [0.3, 0.4) is 0 Å². The third-order valence-electron chi connectivity index (χ3n) is 3.80. The predicted molar refractivity (Wildman–Crippen MR) is 86.3 cm³/mol. The molecule has 1 aromatic carbocycles. The highest BCUT2D eigenvalue weighted by atomic mass is 16.2. The van der Waals surface area contributed by atoms with Gasteiger partial charge in [0.2, 0.25) is 5.91 Å². The zero-order valence-electron chi connectivity index (χ0n) is 13.3. The van der Waals surface area contributed by atoms with Crippen LogP contribution in [0.5, 0.6) is 0 Å².